The highest BCUT2D eigenvalue weighted by Crippen LogP contribution is 2.61. The lowest BCUT2D eigenvalue weighted by Crippen LogP contribution is -2.58. The van der Waals surface area contributed by atoms with Crippen molar-refractivity contribution in [1.29, 1.82) is 0 Å². The average Bonchev–Trinajstić information content (AvgIpc) is 2.84. The zero-order valence-corrected chi connectivity index (χ0v) is 16.8. The van der Waals surface area contributed by atoms with Crippen molar-refractivity contribution >= 4 is 11.8 Å². The summed E-state index contributed by atoms with van der Waals surface area (Å²) in [5.74, 6) is -0.145. The van der Waals surface area contributed by atoms with Crippen LogP contribution in [-0.2, 0) is 9.53 Å². The van der Waals surface area contributed by atoms with Gasteiger partial charge in [0.05, 0.1) is 11.5 Å². The van der Waals surface area contributed by atoms with Gasteiger partial charge in [0.2, 0.25) is 5.78 Å². The molecule has 0 radical (unpaired) electrons. The highest BCUT2D eigenvalue weighted by Gasteiger charge is 2.62. The largest absolute Gasteiger partial charge is 0.458 e. The number of aliphatic hydroxyl groups is 1. The lowest BCUT2D eigenvalue weighted by atomic mass is 9.50. The van der Waals surface area contributed by atoms with Crippen LogP contribution in [0.2, 0.25) is 0 Å². The van der Waals surface area contributed by atoms with Gasteiger partial charge in [-0.1, -0.05) is 27.7 Å². The number of furan rings is 1. The summed E-state index contributed by atoms with van der Waals surface area (Å²) in [7, 11) is 0. The summed E-state index contributed by atoms with van der Waals surface area (Å²) in [6.07, 6.45) is 0.494. The van der Waals surface area contributed by atoms with Gasteiger partial charge < -0.3 is 14.3 Å². The fourth-order valence-electron chi connectivity index (χ4n) is 4.81. The van der Waals surface area contributed by atoms with Crippen molar-refractivity contribution in [1.82, 2.24) is 0 Å². The van der Waals surface area contributed by atoms with Gasteiger partial charge in [-0.2, -0.15) is 0 Å². The van der Waals surface area contributed by atoms with E-state index >= 15 is 0 Å². The summed E-state index contributed by atoms with van der Waals surface area (Å²) in [6.45, 7) is 13.1. The summed E-state index contributed by atoms with van der Waals surface area (Å²) in [5, 5.41) is 10.9. The quantitative estimate of drug-likeness (QED) is 0.800. The van der Waals surface area contributed by atoms with Gasteiger partial charge in [-0.15, -0.1) is 0 Å². The predicted molar refractivity (Wildman–Crippen MR) is 96.8 cm³/mol. The summed E-state index contributed by atoms with van der Waals surface area (Å²) >= 11 is 0. The van der Waals surface area contributed by atoms with Crippen molar-refractivity contribution in [2.45, 2.75) is 73.0 Å². The van der Waals surface area contributed by atoms with Crippen LogP contribution in [0, 0.1) is 37.0 Å². The molecule has 1 aromatic heterocycles. The van der Waals surface area contributed by atoms with E-state index in [0.717, 1.165) is 5.56 Å². The highest BCUT2D eigenvalue weighted by molar-refractivity contribution is 5.99. The number of Topliss-reactive ketones (excluding diaryl/α,β-unsaturated/α-hetero) is 1. The Balaban J connectivity index is 2.22. The van der Waals surface area contributed by atoms with Crippen molar-refractivity contribution in [3.05, 3.63) is 22.6 Å². The number of fused-ring (bicyclic) bond motifs is 2. The van der Waals surface area contributed by atoms with E-state index in [1.54, 1.807) is 13.8 Å². The molecule has 3 rings (SSSR count). The van der Waals surface area contributed by atoms with Crippen molar-refractivity contribution in [2.75, 3.05) is 0 Å². The Hall–Kier alpha value is -1.62. The van der Waals surface area contributed by atoms with Crippen LogP contribution in [0.15, 0.2) is 4.42 Å². The number of ketones is 1. The van der Waals surface area contributed by atoms with Crippen LogP contribution in [0.5, 0.6) is 0 Å². The zero-order chi connectivity index (χ0) is 19.6. The maximum Gasteiger partial charge on any atom is 0.309 e. The minimum atomic E-state index is -0.918. The number of rotatable bonds is 2. The Kier molecular flexibility index (Phi) is 4.38. The van der Waals surface area contributed by atoms with Crippen LogP contribution in [0.1, 0.15) is 81.0 Å². The first-order chi connectivity index (χ1) is 11.9. The van der Waals surface area contributed by atoms with Crippen LogP contribution < -0.4 is 0 Å². The van der Waals surface area contributed by atoms with E-state index in [1.165, 1.54) is 0 Å². The molecule has 2 aliphatic rings. The fraction of sp³-hybridized carbons (Fsp3) is 0.714. The number of carbonyl (C=O) groups is 2. The van der Waals surface area contributed by atoms with E-state index in [2.05, 4.69) is 0 Å². The molecule has 0 unspecified atom stereocenters. The lowest BCUT2D eigenvalue weighted by Gasteiger charge is -2.56. The molecular weight excluding hydrogens is 332 g/mol. The number of carbonyl (C=O) groups excluding carboxylic acids is 2. The third-order valence-corrected chi connectivity index (χ3v) is 7.06. The van der Waals surface area contributed by atoms with Crippen LogP contribution in [-0.4, -0.2) is 22.5 Å². The lowest BCUT2D eigenvalue weighted by molar-refractivity contribution is -0.188. The number of aryl methyl sites for hydroxylation is 1. The molecule has 1 aromatic rings. The zero-order valence-electron chi connectivity index (χ0n) is 16.8. The number of hydrogen-bond donors (Lipinski definition) is 1. The predicted octanol–water partition coefficient (Wildman–Crippen LogP) is 4.14. The summed E-state index contributed by atoms with van der Waals surface area (Å²) < 4.78 is 11.8. The second-order valence-electron chi connectivity index (χ2n) is 8.90. The first-order valence-electron chi connectivity index (χ1n) is 9.49. The molecule has 5 nitrogen and oxygen atoms in total. The Morgan fingerprint density at radius 1 is 1.31 bits per heavy atom. The van der Waals surface area contributed by atoms with Gasteiger partial charge in [-0.25, -0.2) is 0 Å². The molecule has 0 spiro atoms. The maximum absolute atomic E-state index is 13.2. The summed E-state index contributed by atoms with van der Waals surface area (Å²) in [5.41, 5.74) is -0.0628. The van der Waals surface area contributed by atoms with E-state index < -0.39 is 17.1 Å². The second-order valence-corrected chi connectivity index (χ2v) is 8.90. The van der Waals surface area contributed by atoms with Crippen LogP contribution in [0.3, 0.4) is 0 Å². The Labute approximate surface area is 155 Å². The van der Waals surface area contributed by atoms with E-state index in [0.29, 0.717) is 29.9 Å². The van der Waals surface area contributed by atoms with Crippen molar-refractivity contribution < 1.29 is 23.8 Å². The molecule has 5 heteroatoms. The minimum absolute atomic E-state index is 0.0297. The number of hydrogen-bond acceptors (Lipinski definition) is 5. The SMILES string of the molecule is Cc1oc2c(c1C)[C@@H](OC(=O)C(C)C)[C@@]1(C)[C@H](CC[C@@](C)(O)[C@@H]1C)C2=O. The average molecular weight is 362 g/mol. The van der Waals surface area contributed by atoms with Gasteiger partial charge in [0, 0.05) is 16.9 Å². The summed E-state index contributed by atoms with van der Waals surface area (Å²) in [6, 6.07) is 0. The van der Waals surface area contributed by atoms with Gasteiger partial charge >= 0.3 is 5.97 Å². The first-order valence-corrected chi connectivity index (χ1v) is 9.49. The van der Waals surface area contributed by atoms with Gasteiger partial charge in [0.1, 0.15) is 11.9 Å². The Bertz CT molecular complexity index is 757. The topological polar surface area (TPSA) is 76.7 Å². The molecule has 1 saturated carbocycles. The number of ether oxygens (including phenoxy) is 1. The molecule has 2 aliphatic carbocycles. The fourth-order valence-corrected chi connectivity index (χ4v) is 4.81. The molecule has 1 fully saturated rings. The van der Waals surface area contributed by atoms with Gasteiger partial charge in [0.15, 0.2) is 5.76 Å². The molecule has 0 bridgehead atoms. The third kappa shape index (κ3) is 2.47. The van der Waals surface area contributed by atoms with Crippen molar-refractivity contribution in [3.8, 4) is 0 Å². The van der Waals surface area contributed by atoms with Crippen LogP contribution in [0.4, 0.5) is 0 Å². The molecule has 1 N–H and O–H groups in total. The van der Waals surface area contributed by atoms with E-state index in [1.807, 2.05) is 34.6 Å². The van der Waals surface area contributed by atoms with E-state index in [-0.39, 0.29) is 29.5 Å². The van der Waals surface area contributed by atoms with Gasteiger partial charge in [-0.3, -0.25) is 9.59 Å². The molecule has 0 amide bonds. The van der Waals surface area contributed by atoms with Crippen LogP contribution in [0.25, 0.3) is 0 Å². The first kappa shape index (κ1) is 19.2. The summed E-state index contributed by atoms with van der Waals surface area (Å²) in [4.78, 5) is 25.7. The molecule has 26 heavy (non-hydrogen) atoms. The Morgan fingerprint density at radius 2 is 1.92 bits per heavy atom. The molecular formula is C21H30O5. The second kappa shape index (κ2) is 5.95. The monoisotopic (exact) mass is 362 g/mol. The Morgan fingerprint density at radius 3 is 2.50 bits per heavy atom. The maximum atomic E-state index is 13.2. The minimum Gasteiger partial charge on any atom is -0.458 e. The molecule has 5 atom stereocenters. The van der Waals surface area contributed by atoms with Gasteiger partial charge in [-0.05, 0) is 45.1 Å². The van der Waals surface area contributed by atoms with Gasteiger partial charge in [0.25, 0.3) is 0 Å². The van der Waals surface area contributed by atoms with E-state index in [9.17, 15) is 14.7 Å². The van der Waals surface area contributed by atoms with Crippen LogP contribution >= 0.6 is 0 Å². The van der Waals surface area contributed by atoms with Crippen molar-refractivity contribution in [2.24, 2.45) is 23.2 Å². The molecule has 1 heterocycles. The third-order valence-electron chi connectivity index (χ3n) is 7.06. The standard InChI is InChI=1S/C21H30O5/c1-10(2)19(23)26-18-15-11(3)12(4)25-17(15)16(22)14-8-9-20(6,24)13(5)21(14,18)7/h10,13-14,18,24H,8-9H2,1-7H3/t13-,14+,18+,20+,21+/m0/s1. The highest BCUT2D eigenvalue weighted by atomic mass is 16.5. The molecule has 0 aliphatic heterocycles. The molecule has 0 saturated heterocycles. The smallest absolute Gasteiger partial charge is 0.309 e. The van der Waals surface area contributed by atoms with E-state index in [4.69, 9.17) is 9.15 Å². The molecule has 0 aromatic carbocycles. The van der Waals surface area contributed by atoms with Crippen molar-refractivity contribution in [3.63, 3.8) is 0 Å². The number of esters is 1. The molecule has 144 valence electrons. The normalized spacial score (nSPS) is 36.7.